The zero-order chi connectivity index (χ0) is 15.3. The van der Waals surface area contributed by atoms with Gasteiger partial charge in [-0.1, -0.05) is 19.1 Å². The molecule has 1 heterocycles. The van der Waals surface area contributed by atoms with E-state index in [4.69, 9.17) is 4.74 Å². The molecule has 2 rings (SSSR count). The van der Waals surface area contributed by atoms with Crippen LogP contribution in [-0.4, -0.2) is 35.7 Å². The van der Waals surface area contributed by atoms with Crippen LogP contribution >= 0.6 is 0 Å². The highest BCUT2D eigenvalue weighted by Gasteiger charge is 2.32. The number of nitrogens with zero attached hydrogens (tertiary/aromatic N) is 1. The van der Waals surface area contributed by atoms with E-state index in [1.54, 1.807) is 0 Å². The zero-order valence-electron chi connectivity index (χ0n) is 13.6. The average molecular weight is 291 g/mol. The number of aliphatic hydroxyl groups is 1. The van der Waals surface area contributed by atoms with E-state index in [1.807, 2.05) is 24.3 Å². The van der Waals surface area contributed by atoms with Crippen molar-refractivity contribution in [3.8, 4) is 5.75 Å². The van der Waals surface area contributed by atoms with Gasteiger partial charge in [0.2, 0.25) is 0 Å². The summed E-state index contributed by atoms with van der Waals surface area (Å²) in [5.74, 6) is 0.890. The first-order valence-electron chi connectivity index (χ1n) is 8.25. The van der Waals surface area contributed by atoms with Gasteiger partial charge in [-0.2, -0.15) is 0 Å². The fraction of sp³-hybridized carbons (Fsp3) is 0.667. The van der Waals surface area contributed by atoms with Crippen LogP contribution in [0.1, 0.15) is 52.0 Å². The number of hydrogen-bond donors (Lipinski definition) is 1. The number of rotatable bonds is 5. The van der Waals surface area contributed by atoms with Gasteiger partial charge in [-0.3, -0.25) is 0 Å². The Bertz CT molecular complexity index is 429. The SMILES string of the molecule is CCCOc1ccc(C2(O)CCCN(C(C)C)CC2)cc1. The van der Waals surface area contributed by atoms with Crippen molar-refractivity contribution in [1.82, 2.24) is 4.90 Å². The van der Waals surface area contributed by atoms with Crippen molar-refractivity contribution in [3.05, 3.63) is 29.8 Å². The molecule has 3 heteroatoms. The van der Waals surface area contributed by atoms with Gasteiger partial charge < -0.3 is 14.7 Å². The van der Waals surface area contributed by atoms with Crippen LogP contribution in [0.25, 0.3) is 0 Å². The molecular formula is C18H29NO2. The van der Waals surface area contributed by atoms with Crippen molar-refractivity contribution in [2.75, 3.05) is 19.7 Å². The Morgan fingerprint density at radius 2 is 1.90 bits per heavy atom. The van der Waals surface area contributed by atoms with Crippen molar-refractivity contribution < 1.29 is 9.84 Å². The maximum Gasteiger partial charge on any atom is 0.119 e. The van der Waals surface area contributed by atoms with Crippen LogP contribution in [0.3, 0.4) is 0 Å². The second-order valence-corrected chi connectivity index (χ2v) is 6.39. The molecule has 1 aromatic rings. The summed E-state index contributed by atoms with van der Waals surface area (Å²) in [4.78, 5) is 2.46. The van der Waals surface area contributed by atoms with Gasteiger partial charge in [0.15, 0.2) is 0 Å². The van der Waals surface area contributed by atoms with Crippen molar-refractivity contribution in [1.29, 1.82) is 0 Å². The van der Waals surface area contributed by atoms with Crippen LogP contribution in [0.15, 0.2) is 24.3 Å². The second kappa shape index (κ2) is 7.28. The van der Waals surface area contributed by atoms with Crippen LogP contribution in [0.5, 0.6) is 5.75 Å². The Kier molecular flexibility index (Phi) is 5.65. The van der Waals surface area contributed by atoms with Gasteiger partial charge in [0.25, 0.3) is 0 Å². The maximum atomic E-state index is 11.0. The molecule has 0 aromatic heterocycles. The molecule has 1 fully saturated rings. The minimum absolute atomic E-state index is 0.553. The van der Waals surface area contributed by atoms with Gasteiger partial charge in [-0.15, -0.1) is 0 Å². The molecule has 0 saturated carbocycles. The molecule has 1 N–H and O–H groups in total. The fourth-order valence-corrected chi connectivity index (χ4v) is 3.03. The Labute approximate surface area is 128 Å². The van der Waals surface area contributed by atoms with Gasteiger partial charge in [0, 0.05) is 12.6 Å². The smallest absolute Gasteiger partial charge is 0.119 e. The molecular weight excluding hydrogens is 262 g/mol. The lowest BCUT2D eigenvalue weighted by Gasteiger charge is -2.28. The van der Waals surface area contributed by atoms with E-state index in [-0.39, 0.29) is 0 Å². The van der Waals surface area contributed by atoms with Crippen molar-refractivity contribution >= 4 is 0 Å². The van der Waals surface area contributed by atoms with Crippen molar-refractivity contribution in [3.63, 3.8) is 0 Å². The zero-order valence-corrected chi connectivity index (χ0v) is 13.6. The number of likely N-dealkylation sites (tertiary alicyclic amines) is 1. The van der Waals surface area contributed by atoms with E-state index in [1.165, 1.54) is 0 Å². The minimum atomic E-state index is -0.688. The molecule has 118 valence electrons. The largest absolute Gasteiger partial charge is 0.494 e. The predicted octanol–water partition coefficient (Wildman–Crippen LogP) is 3.56. The summed E-state index contributed by atoms with van der Waals surface area (Å²) >= 11 is 0. The summed E-state index contributed by atoms with van der Waals surface area (Å²) in [7, 11) is 0. The topological polar surface area (TPSA) is 32.7 Å². The summed E-state index contributed by atoms with van der Waals surface area (Å²) in [6.07, 6.45) is 3.70. The lowest BCUT2D eigenvalue weighted by atomic mass is 9.87. The molecule has 21 heavy (non-hydrogen) atoms. The molecule has 1 unspecified atom stereocenters. The molecule has 0 aliphatic carbocycles. The number of benzene rings is 1. The molecule has 3 nitrogen and oxygen atoms in total. The van der Waals surface area contributed by atoms with Crippen LogP contribution in [0.2, 0.25) is 0 Å². The van der Waals surface area contributed by atoms with Crippen LogP contribution in [-0.2, 0) is 5.60 Å². The Hall–Kier alpha value is -1.06. The van der Waals surface area contributed by atoms with Crippen LogP contribution in [0, 0.1) is 0 Å². The van der Waals surface area contributed by atoms with Gasteiger partial charge >= 0.3 is 0 Å². The van der Waals surface area contributed by atoms with E-state index in [9.17, 15) is 5.11 Å². The lowest BCUT2D eigenvalue weighted by Crippen LogP contribution is -2.33. The molecule has 1 aromatic carbocycles. The fourth-order valence-electron chi connectivity index (χ4n) is 3.03. The first-order chi connectivity index (χ1) is 10.0. The second-order valence-electron chi connectivity index (χ2n) is 6.39. The lowest BCUT2D eigenvalue weighted by molar-refractivity contribution is 0.0203. The minimum Gasteiger partial charge on any atom is -0.494 e. The third-order valence-electron chi connectivity index (χ3n) is 4.44. The molecule has 0 amide bonds. The molecule has 0 radical (unpaired) electrons. The average Bonchev–Trinajstić information content (AvgIpc) is 2.68. The molecule has 0 spiro atoms. The van der Waals surface area contributed by atoms with E-state index in [2.05, 4.69) is 25.7 Å². The monoisotopic (exact) mass is 291 g/mol. The molecule has 1 aliphatic rings. The summed E-state index contributed by atoms with van der Waals surface area (Å²) in [5, 5.41) is 11.0. The molecule has 1 saturated heterocycles. The van der Waals surface area contributed by atoms with Crippen LogP contribution < -0.4 is 4.74 Å². The molecule has 1 atom stereocenters. The number of ether oxygens (including phenoxy) is 1. The highest BCUT2D eigenvalue weighted by molar-refractivity contribution is 5.31. The third kappa shape index (κ3) is 4.21. The van der Waals surface area contributed by atoms with Gasteiger partial charge in [0.1, 0.15) is 5.75 Å². The summed E-state index contributed by atoms with van der Waals surface area (Å²) in [6, 6.07) is 8.56. The standard InChI is InChI=1S/C18H29NO2/c1-4-14-21-17-8-6-16(7-9-17)18(20)10-5-12-19(13-11-18)15(2)3/h6-9,15,20H,4-5,10-14H2,1-3H3. The van der Waals surface area contributed by atoms with Gasteiger partial charge in [-0.25, -0.2) is 0 Å². The summed E-state index contributed by atoms with van der Waals surface area (Å²) in [6.45, 7) is 9.34. The number of hydrogen-bond acceptors (Lipinski definition) is 3. The molecule has 1 aliphatic heterocycles. The van der Waals surface area contributed by atoms with E-state index in [0.29, 0.717) is 6.04 Å². The Morgan fingerprint density at radius 1 is 1.19 bits per heavy atom. The van der Waals surface area contributed by atoms with E-state index in [0.717, 1.165) is 56.7 Å². The Morgan fingerprint density at radius 3 is 2.52 bits per heavy atom. The summed E-state index contributed by atoms with van der Waals surface area (Å²) < 4.78 is 5.61. The maximum absolute atomic E-state index is 11.0. The quantitative estimate of drug-likeness (QED) is 0.900. The third-order valence-corrected chi connectivity index (χ3v) is 4.44. The molecule has 0 bridgehead atoms. The van der Waals surface area contributed by atoms with Gasteiger partial charge in [-0.05, 0) is 63.8 Å². The van der Waals surface area contributed by atoms with E-state index < -0.39 is 5.60 Å². The van der Waals surface area contributed by atoms with Gasteiger partial charge in [0.05, 0.1) is 12.2 Å². The predicted molar refractivity (Wildman–Crippen MR) is 86.7 cm³/mol. The van der Waals surface area contributed by atoms with E-state index >= 15 is 0 Å². The first-order valence-corrected chi connectivity index (χ1v) is 8.25. The Balaban J connectivity index is 2.05. The normalized spacial score (nSPS) is 24.0. The van der Waals surface area contributed by atoms with Crippen LogP contribution in [0.4, 0.5) is 0 Å². The van der Waals surface area contributed by atoms with Crippen molar-refractivity contribution in [2.45, 2.75) is 58.1 Å². The van der Waals surface area contributed by atoms with Crippen molar-refractivity contribution in [2.24, 2.45) is 0 Å². The first kappa shape index (κ1) is 16.3. The summed E-state index contributed by atoms with van der Waals surface area (Å²) in [5.41, 5.74) is 0.337. The highest BCUT2D eigenvalue weighted by Crippen LogP contribution is 2.34. The highest BCUT2D eigenvalue weighted by atomic mass is 16.5.